The Morgan fingerprint density at radius 1 is 0.333 bits per heavy atom. The number of thiophene rings is 1. The number of fused-ring (bicyclic) bond motifs is 9. The molecule has 0 fully saturated rings. The van der Waals surface area contributed by atoms with E-state index in [4.69, 9.17) is 23.8 Å². The summed E-state index contributed by atoms with van der Waals surface area (Å²) >= 11 is 1.78. The summed E-state index contributed by atoms with van der Waals surface area (Å²) in [5, 5.41) is 6.76. The van der Waals surface area contributed by atoms with Crippen LogP contribution in [0, 0.1) is 0 Å². The van der Waals surface area contributed by atoms with Gasteiger partial charge in [0.1, 0.15) is 22.3 Å². The number of aromatic nitrogens is 3. The molecular formula is C51H29N3O2S. The van der Waals surface area contributed by atoms with Crippen molar-refractivity contribution in [2.24, 2.45) is 0 Å². The Morgan fingerprint density at radius 3 is 1.81 bits per heavy atom. The Labute approximate surface area is 330 Å². The molecule has 266 valence electrons. The summed E-state index contributed by atoms with van der Waals surface area (Å²) in [4.78, 5) is 15.3. The van der Waals surface area contributed by atoms with Crippen LogP contribution in [-0.4, -0.2) is 15.0 Å². The van der Waals surface area contributed by atoms with E-state index in [9.17, 15) is 0 Å². The van der Waals surface area contributed by atoms with E-state index in [1.54, 1.807) is 11.3 Å². The van der Waals surface area contributed by atoms with Gasteiger partial charge in [-0.2, -0.15) is 0 Å². The fourth-order valence-electron chi connectivity index (χ4n) is 8.33. The quantitative estimate of drug-likeness (QED) is 0.175. The summed E-state index contributed by atoms with van der Waals surface area (Å²) < 4.78 is 15.3. The van der Waals surface area contributed by atoms with E-state index in [2.05, 4.69) is 103 Å². The number of hydrogen-bond donors (Lipinski definition) is 0. The van der Waals surface area contributed by atoms with E-state index >= 15 is 0 Å². The lowest BCUT2D eigenvalue weighted by Gasteiger charge is -2.10. The molecule has 0 aliphatic heterocycles. The minimum absolute atomic E-state index is 0.567. The highest BCUT2D eigenvalue weighted by molar-refractivity contribution is 7.26. The highest BCUT2D eigenvalue weighted by atomic mass is 32.1. The van der Waals surface area contributed by atoms with Gasteiger partial charge < -0.3 is 8.83 Å². The summed E-state index contributed by atoms with van der Waals surface area (Å²) in [6.45, 7) is 0. The van der Waals surface area contributed by atoms with E-state index in [1.165, 1.54) is 21.0 Å². The Hall–Kier alpha value is -7.41. The van der Waals surface area contributed by atoms with Gasteiger partial charge in [-0.3, -0.25) is 0 Å². The van der Waals surface area contributed by atoms with Crippen LogP contribution >= 0.6 is 11.3 Å². The predicted molar refractivity (Wildman–Crippen MR) is 234 cm³/mol. The van der Waals surface area contributed by atoms with Crippen molar-refractivity contribution in [2.45, 2.75) is 0 Å². The van der Waals surface area contributed by atoms with Crippen molar-refractivity contribution in [1.29, 1.82) is 0 Å². The second kappa shape index (κ2) is 12.6. The minimum atomic E-state index is 0.567. The molecule has 0 saturated heterocycles. The van der Waals surface area contributed by atoms with Gasteiger partial charge >= 0.3 is 0 Å². The van der Waals surface area contributed by atoms with E-state index < -0.39 is 0 Å². The minimum Gasteiger partial charge on any atom is -0.456 e. The first-order valence-electron chi connectivity index (χ1n) is 18.9. The first kappa shape index (κ1) is 31.9. The van der Waals surface area contributed by atoms with Crippen molar-refractivity contribution < 1.29 is 8.83 Å². The molecule has 0 radical (unpaired) electrons. The van der Waals surface area contributed by atoms with E-state index in [0.29, 0.717) is 17.5 Å². The van der Waals surface area contributed by atoms with Gasteiger partial charge in [0.2, 0.25) is 0 Å². The van der Waals surface area contributed by atoms with Crippen LogP contribution in [0.3, 0.4) is 0 Å². The smallest absolute Gasteiger partial charge is 0.167 e. The number of nitrogens with zero attached hydrogens (tertiary/aromatic N) is 3. The molecule has 12 aromatic rings. The Morgan fingerprint density at radius 2 is 0.982 bits per heavy atom. The summed E-state index contributed by atoms with van der Waals surface area (Å²) in [5.74, 6) is 1.78. The van der Waals surface area contributed by atoms with E-state index in [1.807, 2.05) is 72.8 Å². The topological polar surface area (TPSA) is 65.0 Å². The number of hydrogen-bond acceptors (Lipinski definition) is 6. The van der Waals surface area contributed by atoms with Crippen molar-refractivity contribution in [3.8, 4) is 56.4 Å². The first-order valence-corrected chi connectivity index (χ1v) is 19.7. The molecule has 8 aromatic carbocycles. The zero-order valence-electron chi connectivity index (χ0n) is 30.3. The highest BCUT2D eigenvalue weighted by Crippen LogP contribution is 2.45. The van der Waals surface area contributed by atoms with Gasteiger partial charge in [-0.1, -0.05) is 133 Å². The van der Waals surface area contributed by atoms with Crippen LogP contribution in [0.5, 0.6) is 0 Å². The van der Waals surface area contributed by atoms with Crippen LogP contribution in [0.1, 0.15) is 0 Å². The number of benzene rings is 8. The number of furan rings is 2. The summed E-state index contributed by atoms with van der Waals surface area (Å²) in [7, 11) is 0. The molecule has 0 aliphatic carbocycles. The van der Waals surface area contributed by atoms with Crippen LogP contribution in [-0.2, 0) is 0 Å². The molecule has 4 heterocycles. The monoisotopic (exact) mass is 747 g/mol. The molecule has 57 heavy (non-hydrogen) atoms. The van der Waals surface area contributed by atoms with Crippen LogP contribution in [0.15, 0.2) is 185 Å². The lowest BCUT2D eigenvalue weighted by molar-refractivity contribution is 0.669. The fraction of sp³-hybridized carbons (Fsp3) is 0. The maximum atomic E-state index is 6.52. The van der Waals surface area contributed by atoms with Gasteiger partial charge in [0.05, 0.1) is 5.56 Å². The Kier molecular flexibility index (Phi) is 7.03. The average molecular weight is 748 g/mol. The fourth-order valence-corrected chi connectivity index (χ4v) is 9.50. The summed E-state index contributed by atoms with van der Waals surface area (Å²) in [6, 6.07) is 61.0. The van der Waals surface area contributed by atoms with Crippen LogP contribution in [0.4, 0.5) is 0 Å². The molecule has 5 nitrogen and oxygen atoms in total. The molecule has 0 bridgehead atoms. The number of rotatable bonds is 5. The van der Waals surface area contributed by atoms with E-state index in [-0.39, 0.29) is 0 Å². The molecule has 0 aliphatic rings. The summed E-state index contributed by atoms with van der Waals surface area (Å²) in [5.41, 5.74) is 10.6. The van der Waals surface area contributed by atoms with Gasteiger partial charge in [-0.15, -0.1) is 11.3 Å². The van der Waals surface area contributed by atoms with Crippen LogP contribution in [0.2, 0.25) is 0 Å². The summed E-state index contributed by atoms with van der Waals surface area (Å²) in [6.07, 6.45) is 0. The maximum absolute atomic E-state index is 6.52. The molecule has 0 saturated carbocycles. The molecule has 0 N–H and O–H groups in total. The third-order valence-electron chi connectivity index (χ3n) is 10.9. The first-order chi connectivity index (χ1) is 28.2. The van der Waals surface area contributed by atoms with Crippen molar-refractivity contribution in [1.82, 2.24) is 15.0 Å². The van der Waals surface area contributed by atoms with Crippen molar-refractivity contribution in [2.75, 3.05) is 0 Å². The van der Waals surface area contributed by atoms with Crippen LogP contribution < -0.4 is 0 Å². The second-order valence-electron chi connectivity index (χ2n) is 14.3. The Balaban J connectivity index is 1.04. The lowest BCUT2D eigenvalue weighted by Crippen LogP contribution is -2.00. The third-order valence-corrected chi connectivity index (χ3v) is 12.1. The Bertz CT molecular complexity index is 3530. The predicted octanol–water partition coefficient (Wildman–Crippen LogP) is 14.4. The second-order valence-corrected chi connectivity index (χ2v) is 15.4. The maximum Gasteiger partial charge on any atom is 0.167 e. The van der Waals surface area contributed by atoms with E-state index in [0.717, 1.165) is 82.0 Å². The van der Waals surface area contributed by atoms with Crippen molar-refractivity contribution in [3.05, 3.63) is 176 Å². The normalized spacial score (nSPS) is 11.9. The number of para-hydroxylation sites is 3. The molecule has 0 unspecified atom stereocenters. The largest absolute Gasteiger partial charge is 0.456 e. The van der Waals surface area contributed by atoms with Gasteiger partial charge in [-0.05, 0) is 64.7 Å². The third kappa shape index (κ3) is 5.12. The molecule has 6 heteroatoms. The molecular weight excluding hydrogens is 719 g/mol. The van der Waals surface area contributed by atoms with Gasteiger partial charge in [0, 0.05) is 52.8 Å². The van der Waals surface area contributed by atoms with Gasteiger partial charge in [0.15, 0.2) is 17.5 Å². The molecule has 0 spiro atoms. The SMILES string of the molecule is c1ccc(-c2nc(-c3ccc4c(c3)sc3cccc(-c5cc(-c6ccccc6)c6c(c5)oc5ccccc56)c34)nc(-c3cccc4c3oc3ccccc34)n2)cc1. The lowest BCUT2D eigenvalue weighted by atomic mass is 9.92. The van der Waals surface area contributed by atoms with Gasteiger partial charge in [0.25, 0.3) is 0 Å². The molecule has 4 aromatic heterocycles. The van der Waals surface area contributed by atoms with Crippen molar-refractivity contribution >= 4 is 75.4 Å². The zero-order valence-corrected chi connectivity index (χ0v) is 31.1. The molecule has 0 amide bonds. The zero-order chi connectivity index (χ0) is 37.5. The van der Waals surface area contributed by atoms with Crippen molar-refractivity contribution in [3.63, 3.8) is 0 Å². The highest BCUT2D eigenvalue weighted by Gasteiger charge is 2.20. The van der Waals surface area contributed by atoms with Gasteiger partial charge in [-0.25, -0.2) is 15.0 Å². The van der Waals surface area contributed by atoms with Crippen LogP contribution in [0.25, 0.3) is 120 Å². The molecule has 0 atom stereocenters. The molecule has 12 rings (SSSR count). The average Bonchev–Trinajstić information content (AvgIpc) is 3.97. The standard InChI is InChI=1S/C51H29N3O2S/c1-3-13-30(14-4-1)40-27-33(28-43-46(40)37-18-8-10-23-42(37)55-43)34-19-12-24-44-47(34)38-26-25-32(29-45(38)57-44)50-52-49(31-15-5-2-6-16-31)53-51(54-50)39-21-11-20-36-35-17-7-9-22-41(35)56-48(36)39/h1-29H.